The fourth-order valence-corrected chi connectivity index (χ4v) is 2.97. The first-order valence-electron chi connectivity index (χ1n) is 7.35. The molecule has 1 amide bonds. The van der Waals surface area contributed by atoms with Crippen LogP contribution in [0.15, 0.2) is 46.9 Å². The van der Waals surface area contributed by atoms with Gasteiger partial charge in [0.05, 0.1) is 0 Å². The zero-order valence-electron chi connectivity index (χ0n) is 13.3. The Bertz CT molecular complexity index is 901. The number of carbonyl (C=O) groups excluding carboxylic acids is 1. The summed E-state index contributed by atoms with van der Waals surface area (Å²) in [4.78, 5) is 19.0. The average molecular weight is 386 g/mol. The predicted octanol–water partition coefficient (Wildman–Crippen LogP) is 4.35. The van der Waals surface area contributed by atoms with Crippen molar-refractivity contribution in [2.75, 3.05) is 0 Å². The van der Waals surface area contributed by atoms with Crippen molar-refractivity contribution >= 4 is 21.8 Å². The molecule has 0 saturated carbocycles. The zero-order valence-corrected chi connectivity index (χ0v) is 14.8. The number of H-pyrrole nitrogens is 1. The minimum absolute atomic E-state index is 0.383. The van der Waals surface area contributed by atoms with Crippen LogP contribution in [0.1, 0.15) is 21.9 Å². The lowest BCUT2D eigenvalue weighted by atomic mass is 10.1. The van der Waals surface area contributed by atoms with Crippen LogP contribution in [0.2, 0.25) is 0 Å². The van der Waals surface area contributed by atoms with E-state index in [9.17, 15) is 4.79 Å². The summed E-state index contributed by atoms with van der Waals surface area (Å²) >= 11 is 3.51. The van der Waals surface area contributed by atoms with Crippen molar-refractivity contribution in [3.8, 4) is 22.8 Å². The van der Waals surface area contributed by atoms with Crippen LogP contribution in [0.25, 0.3) is 11.1 Å². The summed E-state index contributed by atoms with van der Waals surface area (Å²) in [5.41, 5.74) is 9.20. The second-order valence-electron chi connectivity index (χ2n) is 5.42. The van der Waals surface area contributed by atoms with Crippen molar-refractivity contribution in [3.05, 3.63) is 64.0 Å². The van der Waals surface area contributed by atoms with Crippen LogP contribution >= 0.6 is 15.9 Å². The molecule has 5 nitrogen and oxygen atoms in total. The van der Waals surface area contributed by atoms with Crippen molar-refractivity contribution < 1.29 is 9.53 Å². The number of nitrogens with two attached hydrogens (primary N) is 1. The molecule has 0 radical (unpaired) electrons. The Morgan fingerprint density at radius 2 is 1.88 bits per heavy atom. The maximum atomic E-state index is 11.6. The topological polar surface area (TPSA) is 81.0 Å². The summed E-state index contributed by atoms with van der Waals surface area (Å²) in [6.45, 7) is 3.79. The fraction of sp³-hybridized carbons (Fsp3) is 0.111. The molecule has 0 atom stereocenters. The third kappa shape index (κ3) is 3.19. The number of nitrogens with zero attached hydrogens (tertiary/aromatic N) is 1. The zero-order chi connectivity index (χ0) is 17.3. The number of hydrogen-bond donors (Lipinski definition) is 2. The van der Waals surface area contributed by atoms with E-state index in [2.05, 4.69) is 25.9 Å². The summed E-state index contributed by atoms with van der Waals surface area (Å²) < 4.78 is 6.57. The molecule has 3 aromatic rings. The quantitative estimate of drug-likeness (QED) is 0.700. The van der Waals surface area contributed by atoms with E-state index >= 15 is 0 Å². The van der Waals surface area contributed by atoms with E-state index in [1.807, 2.05) is 50.2 Å². The number of aromatic amines is 1. The van der Waals surface area contributed by atoms with E-state index in [0.717, 1.165) is 27.0 Å². The third-order valence-electron chi connectivity index (χ3n) is 3.59. The Kier molecular flexibility index (Phi) is 4.40. The number of ether oxygens (including phenoxy) is 1. The lowest BCUT2D eigenvalue weighted by Gasteiger charge is -2.07. The first-order valence-corrected chi connectivity index (χ1v) is 8.15. The highest BCUT2D eigenvalue weighted by molar-refractivity contribution is 9.10. The SMILES string of the molecule is Cc1cccc(Oc2ccc(-c3c(C(N)=O)[nH]c(C)c3Br)cc2)n1. The minimum Gasteiger partial charge on any atom is -0.439 e. The van der Waals surface area contributed by atoms with Crippen molar-refractivity contribution in [1.82, 2.24) is 9.97 Å². The Hall–Kier alpha value is -2.60. The number of halogens is 1. The largest absolute Gasteiger partial charge is 0.439 e. The van der Waals surface area contributed by atoms with Gasteiger partial charge in [-0.25, -0.2) is 4.98 Å². The number of rotatable bonds is 4. The van der Waals surface area contributed by atoms with Crippen LogP contribution in [0.3, 0.4) is 0 Å². The number of nitrogens with one attached hydrogen (secondary N) is 1. The van der Waals surface area contributed by atoms with Gasteiger partial charge in [0, 0.05) is 27.5 Å². The molecule has 2 aromatic heterocycles. The molecular weight excluding hydrogens is 370 g/mol. The maximum absolute atomic E-state index is 11.6. The van der Waals surface area contributed by atoms with Gasteiger partial charge < -0.3 is 15.5 Å². The highest BCUT2D eigenvalue weighted by Gasteiger charge is 2.18. The number of carbonyl (C=O) groups is 1. The Morgan fingerprint density at radius 3 is 2.50 bits per heavy atom. The van der Waals surface area contributed by atoms with Crippen LogP contribution in [0.4, 0.5) is 0 Å². The first-order chi connectivity index (χ1) is 11.5. The highest BCUT2D eigenvalue weighted by atomic mass is 79.9. The van der Waals surface area contributed by atoms with Gasteiger partial charge in [0.1, 0.15) is 11.4 Å². The lowest BCUT2D eigenvalue weighted by molar-refractivity contribution is 0.0996. The summed E-state index contributed by atoms with van der Waals surface area (Å²) in [5, 5.41) is 0. The van der Waals surface area contributed by atoms with Crippen LogP contribution in [0, 0.1) is 13.8 Å². The molecular formula is C18H16BrN3O2. The van der Waals surface area contributed by atoms with E-state index in [-0.39, 0.29) is 0 Å². The van der Waals surface area contributed by atoms with Gasteiger partial charge in [0.2, 0.25) is 5.88 Å². The molecule has 0 fully saturated rings. The molecule has 0 aliphatic rings. The molecule has 0 saturated heterocycles. The molecule has 2 heterocycles. The van der Waals surface area contributed by atoms with Crippen molar-refractivity contribution in [2.45, 2.75) is 13.8 Å². The van der Waals surface area contributed by atoms with Gasteiger partial charge in [-0.1, -0.05) is 18.2 Å². The number of hydrogen-bond acceptors (Lipinski definition) is 3. The van der Waals surface area contributed by atoms with E-state index in [0.29, 0.717) is 17.3 Å². The Labute approximate surface area is 148 Å². The molecule has 122 valence electrons. The molecule has 24 heavy (non-hydrogen) atoms. The minimum atomic E-state index is -0.497. The number of primary amides is 1. The number of amides is 1. The van der Waals surface area contributed by atoms with Crippen molar-refractivity contribution in [1.29, 1.82) is 0 Å². The summed E-state index contributed by atoms with van der Waals surface area (Å²) in [7, 11) is 0. The van der Waals surface area contributed by atoms with Gasteiger partial charge in [0.15, 0.2) is 0 Å². The summed E-state index contributed by atoms with van der Waals surface area (Å²) in [6, 6.07) is 13.0. The standard InChI is InChI=1S/C18H16BrN3O2/c1-10-4-3-5-14(21-10)24-13-8-6-12(7-9-13)15-16(19)11(2)22-17(15)18(20)23/h3-9,22H,1-2H3,(H2,20,23). The summed E-state index contributed by atoms with van der Waals surface area (Å²) in [5.74, 6) is 0.711. The third-order valence-corrected chi connectivity index (χ3v) is 4.58. The van der Waals surface area contributed by atoms with Crippen LogP contribution in [-0.2, 0) is 0 Å². The molecule has 0 aliphatic heterocycles. The molecule has 0 spiro atoms. The summed E-state index contributed by atoms with van der Waals surface area (Å²) in [6.07, 6.45) is 0. The highest BCUT2D eigenvalue weighted by Crippen LogP contribution is 2.35. The van der Waals surface area contributed by atoms with Gasteiger partial charge in [-0.15, -0.1) is 0 Å². The van der Waals surface area contributed by atoms with Crippen molar-refractivity contribution in [2.24, 2.45) is 5.73 Å². The molecule has 0 bridgehead atoms. The number of aromatic nitrogens is 2. The fourth-order valence-electron chi connectivity index (χ4n) is 2.44. The normalized spacial score (nSPS) is 10.6. The van der Waals surface area contributed by atoms with E-state index < -0.39 is 5.91 Å². The van der Waals surface area contributed by atoms with E-state index in [4.69, 9.17) is 10.5 Å². The maximum Gasteiger partial charge on any atom is 0.265 e. The predicted molar refractivity (Wildman–Crippen MR) is 96.2 cm³/mol. The van der Waals surface area contributed by atoms with Crippen LogP contribution < -0.4 is 10.5 Å². The molecule has 1 aromatic carbocycles. The van der Waals surface area contributed by atoms with Crippen molar-refractivity contribution in [3.63, 3.8) is 0 Å². The first kappa shape index (κ1) is 16.3. The Morgan fingerprint density at radius 1 is 1.17 bits per heavy atom. The number of aryl methyl sites for hydroxylation is 2. The molecule has 0 unspecified atom stereocenters. The molecule has 3 N–H and O–H groups in total. The second-order valence-corrected chi connectivity index (χ2v) is 6.21. The van der Waals surface area contributed by atoms with Gasteiger partial charge in [-0.2, -0.15) is 0 Å². The van der Waals surface area contributed by atoms with Gasteiger partial charge in [-0.3, -0.25) is 4.79 Å². The molecule has 6 heteroatoms. The average Bonchev–Trinajstić information content (AvgIpc) is 2.84. The van der Waals surface area contributed by atoms with Crippen LogP contribution in [0.5, 0.6) is 11.6 Å². The lowest BCUT2D eigenvalue weighted by Crippen LogP contribution is -2.12. The second kappa shape index (κ2) is 6.49. The number of pyridine rings is 1. The van der Waals surface area contributed by atoms with E-state index in [1.54, 1.807) is 6.07 Å². The van der Waals surface area contributed by atoms with Gasteiger partial charge in [-0.05, 0) is 53.5 Å². The van der Waals surface area contributed by atoms with E-state index in [1.165, 1.54) is 0 Å². The van der Waals surface area contributed by atoms with Gasteiger partial charge >= 0.3 is 0 Å². The molecule has 0 aliphatic carbocycles. The smallest absolute Gasteiger partial charge is 0.265 e. The Balaban J connectivity index is 1.92. The molecule has 3 rings (SSSR count). The number of benzene rings is 1. The van der Waals surface area contributed by atoms with Crippen LogP contribution in [-0.4, -0.2) is 15.9 Å². The van der Waals surface area contributed by atoms with Gasteiger partial charge in [0.25, 0.3) is 5.91 Å². The monoisotopic (exact) mass is 385 g/mol.